The Hall–Kier alpha value is -3.30. The van der Waals surface area contributed by atoms with E-state index in [0.29, 0.717) is 35.7 Å². The summed E-state index contributed by atoms with van der Waals surface area (Å²) in [4.78, 5) is 15.1. The maximum Gasteiger partial charge on any atom is 0.161 e. The summed E-state index contributed by atoms with van der Waals surface area (Å²) < 4.78 is 6.55. The smallest absolute Gasteiger partial charge is 0.161 e. The van der Waals surface area contributed by atoms with Crippen LogP contribution in [0.3, 0.4) is 0 Å². The molecule has 0 radical (unpaired) electrons. The van der Waals surface area contributed by atoms with Gasteiger partial charge in [-0.3, -0.25) is 9.69 Å². The molecule has 1 heterocycles. The maximum absolute atomic E-state index is 13.2. The second-order valence-corrected chi connectivity index (χ2v) is 8.83. The van der Waals surface area contributed by atoms with Gasteiger partial charge in [0, 0.05) is 22.2 Å². The zero-order valence-corrected chi connectivity index (χ0v) is 19.5. The van der Waals surface area contributed by atoms with Crippen LogP contribution in [0.2, 0.25) is 0 Å². The van der Waals surface area contributed by atoms with Crippen molar-refractivity contribution in [1.29, 1.82) is 5.26 Å². The molecule has 2 aromatic rings. The summed E-state index contributed by atoms with van der Waals surface area (Å²) in [5.41, 5.74) is 11.3. The topological polar surface area (TPSA) is 79.3 Å². The molecule has 5 nitrogen and oxygen atoms in total. The van der Waals surface area contributed by atoms with Crippen LogP contribution >= 0.6 is 15.9 Å². The molecule has 1 atom stereocenters. The molecule has 4 rings (SSSR count). The van der Waals surface area contributed by atoms with E-state index < -0.39 is 5.92 Å². The zero-order valence-electron chi connectivity index (χ0n) is 17.9. The maximum atomic E-state index is 13.2. The molecule has 1 aliphatic heterocycles. The Morgan fingerprint density at radius 1 is 1.28 bits per heavy atom. The normalized spacial score (nSPS) is 18.3. The fourth-order valence-corrected chi connectivity index (χ4v) is 4.95. The monoisotopic (exact) mass is 489 g/mol. The molecular formula is C26H24BrN3O2. The van der Waals surface area contributed by atoms with E-state index >= 15 is 0 Å². The SMILES string of the molecule is C=CCOc1ccc([C@@H]2C(C#N)=C(N)N(c3ccc(Br)cc3C)C3=C2C(=O)CCC3)cc1. The predicted octanol–water partition coefficient (Wildman–Crippen LogP) is 5.63. The summed E-state index contributed by atoms with van der Waals surface area (Å²) >= 11 is 3.51. The number of nitrogens with two attached hydrogens (primary N) is 1. The van der Waals surface area contributed by atoms with Gasteiger partial charge in [-0.05, 0) is 61.2 Å². The van der Waals surface area contributed by atoms with Gasteiger partial charge in [-0.25, -0.2) is 0 Å². The lowest BCUT2D eigenvalue weighted by Crippen LogP contribution is -2.39. The van der Waals surface area contributed by atoms with Gasteiger partial charge in [0.15, 0.2) is 5.78 Å². The molecule has 0 bridgehead atoms. The molecule has 2 aliphatic rings. The zero-order chi connectivity index (χ0) is 22.8. The number of hydrogen-bond donors (Lipinski definition) is 1. The van der Waals surface area contributed by atoms with E-state index in [9.17, 15) is 10.1 Å². The van der Waals surface area contributed by atoms with E-state index in [2.05, 4.69) is 28.6 Å². The van der Waals surface area contributed by atoms with Gasteiger partial charge in [-0.15, -0.1) is 0 Å². The van der Waals surface area contributed by atoms with E-state index in [1.54, 1.807) is 6.08 Å². The number of ether oxygens (including phenoxy) is 1. The first-order chi connectivity index (χ1) is 15.5. The van der Waals surface area contributed by atoms with Crippen LogP contribution < -0.4 is 15.4 Å². The Bertz CT molecular complexity index is 1190. The molecule has 0 aromatic heterocycles. The van der Waals surface area contributed by atoms with Gasteiger partial charge in [0.05, 0.1) is 23.2 Å². The second-order valence-electron chi connectivity index (χ2n) is 7.92. The summed E-state index contributed by atoms with van der Waals surface area (Å²) in [6, 6.07) is 15.7. The highest BCUT2D eigenvalue weighted by molar-refractivity contribution is 9.10. The number of carbonyl (C=O) groups is 1. The van der Waals surface area contributed by atoms with E-state index in [-0.39, 0.29) is 5.78 Å². The molecule has 2 N–H and O–H groups in total. The molecule has 2 aromatic carbocycles. The number of benzene rings is 2. The van der Waals surface area contributed by atoms with Crippen molar-refractivity contribution in [2.75, 3.05) is 11.5 Å². The van der Waals surface area contributed by atoms with Crippen LogP contribution in [-0.4, -0.2) is 12.4 Å². The fourth-order valence-electron chi connectivity index (χ4n) is 4.48. The average molecular weight is 490 g/mol. The van der Waals surface area contributed by atoms with Crippen molar-refractivity contribution < 1.29 is 9.53 Å². The molecule has 0 amide bonds. The number of rotatable bonds is 5. The third kappa shape index (κ3) is 3.85. The van der Waals surface area contributed by atoms with Gasteiger partial charge in [0.2, 0.25) is 0 Å². The summed E-state index contributed by atoms with van der Waals surface area (Å²) in [5, 5.41) is 10.1. The lowest BCUT2D eigenvalue weighted by molar-refractivity contribution is -0.116. The van der Waals surface area contributed by atoms with E-state index in [1.165, 1.54) is 0 Å². The van der Waals surface area contributed by atoms with Crippen LogP contribution in [0.5, 0.6) is 5.75 Å². The number of aryl methyl sites for hydroxylation is 1. The van der Waals surface area contributed by atoms with Gasteiger partial charge in [-0.2, -0.15) is 5.26 Å². The van der Waals surface area contributed by atoms with Gasteiger partial charge in [0.1, 0.15) is 18.2 Å². The van der Waals surface area contributed by atoms with Crippen molar-refractivity contribution in [2.45, 2.75) is 32.1 Å². The van der Waals surface area contributed by atoms with E-state index in [1.807, 2.05) is 54.3 Å². The first-order valence-corrected chi connectivity index (χ1v) is 11.3. The molecule has 0 saturated heterocycles. The highest BCUT2D eigenvalue weighted by Crippen LogP contribution is 2.47. The fraction of sp³-hybridized carbons (Fsp3) is 0.231. The van der Waals surface area contributed by atoms with Crippen LogP contribution in [-0.2, 0) is 4.79 Å². The molecule has 162 valence electrons. The summed E-state index contributed by atoms with van der Waals surface area (Å²) in [6.45, 7) is 6.07. The van der Waals surface area contributed by atoms with Crippen molar-refractivity contribution in [1.82, 2.24) is 0 Å². The Balaban J connectivity index is 1.88. The number of nitrogens with zero attached hydrogens (tertiary/aromatic N) is 2. The Morgan fingerprint density at radius 3 is 2.69 bits per heavy atom. The van der Waals surface area contributed by atoms with Crippen molar-refractivity contribution in [2.24, 2.45) is 5.73 Å². The van der Waals surface area contributed by atoms with Crippen LogP contribution in [0.25, 0.3) is 0 Å². The lowest BCUT2D eigenvalue weighted by atomic mass is 9.75. The van der Waals surface area contributed by atoms with E-state index in [0.717, 1.165) is 39.8 Å². The second kappa shape index (κ2) is 9.05. The standard InChI is InChI=1S/C26H24BrN3O2/c1-3-13-32-19-10-7-17(8-11-19)24-20(15-28)26(29)30(21-12-9-18(27)14-16(21)2)22-5-4-6-23(31)25(22)24/h3,7-12,14,24H,1,4-6,13,29H2,2H3/t24-/m1/s1. The van der Waals surface area contributed by atoms with Crippen molar-refractivity contribution in [3.05, 3.63) is 93.4 Å². The Kier molecular flexibility index (Phi) is 6.20. The lowest BCUT2D eigenvalue weighted by Gasteiger charge is -2.40. The molecule has 32 heavy (non-hydrogen) atoms. The van der Waals surface area contributed by atoms with Crippen molar-refractivity contribution in [3.8, 4) is 11.8 Å². The number of allylic oxidation sites excluding steroid dienone is 3. The highest BCUT2D eigenvalue weighted by Gasteiger charge is 2.40. The van der Waals surface area contributed by atoms with Gasteiger partial charge < -0.3 is 10.5 Å². The molecule has 0 spiro atoms. The molecule has 0 saturated carbocycles. The Labute approximate surface area is 196 Å². The van der Waals surface area contributed by atoms with Crippen molar-refractivity contribution in [3.63, 3.8) is 0 Å². The molecule has 0 unspecified atom stereocenters. The molecule has 1 aliphatic carbocycles. The third-order valence-electron chi connectivity index (χ3n) is 5.89. The first-order valence-electron chi connectivity index (χ1n) is 10.5. The summed E-state index contributed by atoms with van der Waals surface area (Å²) in [6.07, 6.45) is 3.65. The minimum atomic E-state index is -0.483. The van der Waals surface area contributed by atoms with Gasteiger partial charge >= 0.3 is 0 Å². The number of carbonyl (C=O) groups excluding carboxylic acids is 1. The largest absolute Gasteiger partial charge is 0.490 e. The third-order valence-corrected chi connectivity index (χ3v) is 6.39. The molecular weight excluding hydrogens is 466 g/mol. The Morgan fingerprint density at radius 2 is 2.03 bits per heavy atom. The number of anilines is 1. The molecule has 0 fully saturated rings. The molecule has 6 heteroatoms. The first kappa shape index (κ1) is 21.9. The average Bonchev–Trinajstić information content (AvgIpc) is 2.78. The van der Waals surface area contributed by atoms with Crippen LogP contribution in [0.4, 0.5) is 5.69 Å². The number of nitriles is 1. The summed E-state index contributed by atoms with van der Waals surface area (Å²) in [7, 11) is 0. The quantitative estimate of drug-likeness (QED) is 0.550. The van der Waals surface area contributed by atoms with Crippen LogP contribution in [0.15, 0.2) is 82.3 Å². The van der Waals surface area contributed by atoms with Crippen LogP contribution in [0, 0.1) is 18.3 Å². The van der Waals surface area contributed by atoms with Gasteiger partial charge in [0.25, 0.3) is 0 Å². The number of ketones is 1. The predicted molar refractivity (Wildman–Crippen MR) is 129 cm³/mol. The minimum absolute atomic E-state index is 0.0725. The summed E-state index contributed by atoms with van der Waals surface area (Å²) in [5.74, 6) is 0.672. The van der Waals surface area contributed by atoms with Crippen LogP contribution in [0.1, 0.15) is 36.3 Å². The van der Waals surface area contributed by atoms with E-state index in [4.69, 9.17) is 10.5 Å². The number of halogens is 1. The minimum Gasteiger partial charge on any atom is -0.490 e. The van der Waals surface area contributed by atoms with Crippen molar-refractivity contribution >= 4 is 27.4 Å². The number of hydrogen-bond acceptors (Lipinski definition) is 5. The van der Waals surface area contributed by atoms with Gasteiger partial charge in [-0.1, -0.05) is 40.7 Å². The number of Topliss-reactive ketones (excluding diaryl/α,β-unsaturated/α-hetero) is 1. The highest BCUT2D eigenvalue weighted by atomic mass is 79.9.